The van der Waals surface area contributed by atoms with E-state index in [1.807, 2.05) is 25.1 Å². The van der Waals surface area contributed by atoms with E-state index in [1.54, 1.807) is 42.5 Å². The van der Waals surface area contributed by atoms with Crippen LogP contribution in [0.5, 0.6) is 0 Å². The zero-order valence-electron chi connectivity index (χ0n) is 14.7. The maximum Gasteiger partial charge on any atom is 0.345 e. The third kappa shape index (κ3) is 5.77. The first-order valence-corrected chi connectivity index (χ1v) is 8.44. The van der Waals surface area contributed by atoms with Crippen molar-refractivity contribution in [1.29, 1.82) is 0 Å². The van der Waals surface area contributed by atoms with Crippen molar-refractivity contribution in [3.8, 4) is 0 Å². The molecule has 6 heteroatoms. The lowest BCUT2D eigenvalue weighted by molar-refractivity contribution is -0.153. The predicted octanol–water partition coefficient (Wildman–Crippen LogP) is 2.49. The molecular weight excluding hydrogens is 334 g/mol. The van der Waals surface area contributed by atoms with E-state index < -0.39 is 24.1 Å². The summed E-state index contributed by atoms with van der Waals surface area (Å²) in [4.78, 5) is 24.6. The maximum absolute atomic E-state index is 12.5. The van der Waals surface area contributed by atoms with Crippen molar-refractivity contribution in [2.75, 3.05) is 19.8 Å². The van der Waals surface area contributed by atoms with Crippen molar-refractivity contribution in [2.24, 2.45) is 5.73 Å². The number of hydrogen-bond acceptors (Lipinski definition) is 6. The predicted molar refractivity (Wildman–Crippen MR) is 96.5 cm³/mol. The molecule has 0 saturated carbocycles. The minimum absolute atomic E-state index is 0.160. The van der Waals surface area contributed by atoms with Gasteiger partial charge in [-0.2, -0.15) is 0 Å². The summed E-state index contributed by atoms with van der Waals surface area (Å²) in [6.07, 6.45) is -1.12. The van der Waals surface area contributed by atoms with Gasteiger partial charge in [0.1, 0.15) is 0 Å². The molecule has 0 aromatic heterocycles. The Balaban J connectivity index is 2.08. The van der Waals surface area contributed by atoms with Crippen molar-refractivity contribution in [2.45, 2.75) is 19.1 Å². The highest BCUT2D eigenvalue weighted by atomic mass is 16.6. The fraction of sp³-hybridized carbons (Fsp3) is 0.300. The van der Waals surface area contributed by atoms with Crippen LogP contribution in [0.15, 0.2) is 60.7 Å². The van der Waals surface area contributed by atoms with Gasteiger partial charge in [0, 0.05) is 6.61 Å². The monoisotopic (exact) mass is 357 g/mol. The molecule has 2 atom stereocenters. The Labute approximate surface area is 152 Å². The second-order valence-corrected chi connectivity index (χ2v) is 5.50. The van der Waals surface area contributed by atoms with Crippen LogP contribution in [0.3, 0.4) is 0 Å². The molecule has 26 heavy (non-hydrogen) atoms. The lowest BCUT2D eigenvalue weighted by Crippen LogP contribution is -2.39. The molecule has 0 aliphatic carbocycles. The Kier molecular flexibility index (Phi) is 7.95. The lowest BCUT2D eigenvalue weighted by atomic mass is 10.0. The Morgan fingerprint density at radius 1 is 0.962 bits per heavy atom. The third-order valence-corrected chi connectivity index (χ3v) is 3.67. The average Bonchev–Trinajstić information content (AvgIpc) is 2.68. The Morgan fingerprint density at radius 2 is 1.58 bits per heavy atom. The number of carbonyl (C=O) groups is 2. The fourth-order valence-electron chi connectivity index (χ4n) is 2.33. The summed E-state index contributed by atoms with van der Waals surface area (Å²) in [5.74, 6) is -1.57. The highest BCUT2D eigenvalue weighted by Gasteiger charge is 2.31. The summed E-state index contributed by atoms with van der Waals surface area (Å²) in [5, 5.41) is 0. The Hall–Kier alpha value is -2.54. The molecule has 0 spiro atoms. The molecule has 0 bridgehead atoms. The van der Waals surface area contributed by atoms with Gasteiger partial charge in [0.2, 0.25) is 0 Å². The van der Waals surface area contributed by atoms with Gasteiger partial charge in [-0.3, -0.25) is 0 Å². The van der Waals surface area contributed by atoms with Gasteiger partial charge in [-0.25, -0.2) is 9.59 Å². The number of rotatable bonds is 9. The van der Waals surface area contributed by atoms with E-state index in [1.165, 1.54) is 0 Å². The number of benzene rings is 2. The minimum Gasteiger partial charge on any atom is -0.387 e. The quantitative estimate of drug-likeness (QED) is 0.421. The highest BCUT2D eigenvalue weighted by Crippen LogP contribution is 2.18. The molecule has 138 valence electrons. The van der Waals surface area contributed by atoms with Gasteiger partial charge in [0.15, 0.2) is 6.10 Å². The standard InChI is InChI=1S/C20H23NO5/c1-2-24-13-14-25-18(17(21)15-9-5-3-6-10-15)20(23)26-19(22)16-11-7-4-8-12-16/h3-12,17-18H,2,13-14,21H2,1H3/t17-,18?/m1/s1. The van der Waals surface area contributed by atoms with Crippen LogP contribution in [-0.2, 0) is 19.0 Å². The van der Waals surface area contributed by atoms with Gasteiger partial charge in [0.25, 0.3) is 0 Å². The first-order valence-electron chi connectivity index (χ1n) is 8.44. The summed E-state index contributed by atoms with van der Waals surface area (Å²) in [6, 6.07) is 16.6. The molecule has 0 aliphatic heterocycles. The minimum atomic E-state index is -1.12. The molecule has 2 aromatic rings. The van der Waals surface area contributed by atoms with Crippen LogP contribution < -0.4 is 5.73 Å². The van der Waals surface area contributed by atoms with E-state index in [9.17, 15) is 9.59 Å². The lowest BCUT2D eigenvalue weighted by Gasteiger charge is -2.22. The molecule has 2 N–H and O–H groups in total. The van der Waals surface area contributed by atoms with Crippen LogP contribution in [0.25, 0.3) is 0 Å². The van der Waals surface area contributed by atoms with Crippen LogP contribution in [0.4, 0.5) is 0 Å². The first-order chi connectivity index (χ1) is 12.6. The number of carbonyl (C=O) groups excluding carboxylic acids is 2. The normalized spacial score (nSPS) is 13.0. The second kappa shape index (κ2) is 10.5. The third-order valence-electron chi connectivity index (χ3n) is 3.67. The van der Waals surface area contributed by atoms with E-state index >= 15 is 0 Å². The van der Waals surface area contributed by atoms with Gasteiger partial charge in [-0.05, 0) is 24.6 Å². The molecule has 2 aromatic carbocycles. The highest BCUT2D eigenvalue weighted by molar-refractivity contribution is 5.98. The fourth-order valence-corrected chi connectivity index (χ4v) is 2.33. The number of ether oxygens (including phenoxy) is 3. The first kappa shape index (κ1) is 19.8. The number of hydrogen-bond donors (Lipinski definition) is 1. The summed E-state index contributed by atoms with van der Waals surface area (Å²) < 4.78 is 15.8. The molecule has 0 aliphatic rings. The second-order valence-electron chi connectivity index (χ2n) is 5.50. The van der Waals surface area contributed by atoms with E-state index in [2.05, 4.69) is 0 Å². The molecule has 0 heterocycles. The van der Waals surface area contributed by atoms with E-state index in [-0.39, 0.29) is 12.2 Å². The molecule has 2 rings (SSSR count). The van der Waals surface area contributed by atoms with Gasteiger partial charge in [0.05, 0.1) is 24.8 Å². The van der Waals surface area contributed by atoms with Crippen molar-refractivity contribution >= 4 is 11.9 Å². The van der Waals surface area contributed by atoms with E-state index in [0.717, 1.165) is 0 Å². The number of esters is 2. The van der Waals surface area contributed by atoms with Crippen LogP contribution in [-0.4, -0.2) is 37.9 Å². The summed E-state index contributed by atoms with van der Waals surface area (Å²) in [5.41, 5.74) is 7.18. The zero-order chi connectivity index (χ0) is 18.8. The molecule has 0 amide bonds. The van der Waals surface area contributed by atoms with Crippen molar-refractivity contribution < 1.29 is 23.8 Å². The largest absolute Gasteiger partial charge is 0.387 e. The zero-order valence-corrected chi connectivity index (χ0v) is 14.7. The van der Waals surface area contributed by atoms with Crippen molar-refractivity contribution in [3.05, 3.63) is 71.8 Å². The molecule has 6 nitrogen and oxygen atoms in total. The molecule has 0 saturated heterocycles. The Morgan fingerprint density at radius 3 is 2.19 bits per heavy atom. The maximum atomic E-state index is 12.5. The van der Waals surface area contributed by atoms with E-state index in [4.69, 9.17) is 19.9 Å². The molecule has 0 fully saturated rings. The average molecular weight is 357 g/mol. The summed E-state index contributed by atoms with van der Waals surface area (Å²) in [7, 11) is 0. The van der Waals surface area contributed by atoms with Crippen molar-refractivity contribution in [1.82, 2.24) is 0 Å². The van der Waals surface area contributed by atoms with Gasteiger partial charge in [-0.15, -0.1) is 0 Å². The van der Waals surface area contributed by atoms with Crippen LogP contribution in [0.1, 0.15) is 28.9 Å². The van der Waals surface area contributed by atoms with Crippen LogP contribution >= 0.6 is 0 Å². The van der Waals surface area contributed by atoms with Crippen LogP contribution in [0, 0.1) is 0 Å². The summed E-state index contributed by atoms with van der Waals surface area (Å²) >= 11 is 0. The topological polar surface area (TPSA) is 87.9 Å². The van der Waals surface area contributed by atoms with Gasteiger partial charge in [-0.1, -0.05) is 48.5 Å². The molecular formula is C20H23NO5. The van der Waals surface area contributed by atoms with E-state index in [0.29, 0.717) is 18.8 Å². The number of nitrogens with two attached hydrogens (primary N) is 1. The van der Waals surface area contributed by atoms with Crippen LogP contribution in [0.2, 0.25) is 0 Å². The van der Waals surface area contributed by atoms with Crippen molar-refractivity contribution in [3.63, 3.8) is 0 Å². The molecule has 1 unspecified atom stereocenters. The Bertz CT molecular complexity index is 690. The summed E-state index contributed by atoms with van der Waals surface area (Å²) in [6.45, 7) is 2.87. The van der Waals surface area contributed by atoms with Gasteiger partial charge < -0.3 is 19.9 Å². The smallest absolute Gasteiger partial charge is 0.345 e. The van der Waals surface area contributed by atoms with Gasteiger partial charge >= 0.3 is 11.9 Å². The molecule has 0 radical (unpaired) electrons. The SMILES string of the molecule is CCOCCOC(C(=O)OC(=O)c1ccccc1)[C@H](N)c1ccccc1.